The van der Waals surface area contributed by atoms with Gasteiger partial charge in [0, 0.05) is 0 Å². The molecule has 0 N–H and O–H groups in total. The zero-order chi connectivity index (χ0) is 29.8. The topological polar surface area (TPSA) is 0 Å². The molecule has 0 aliphatic heterocycles. The highest BCUT2D eigenvalue weighted by molar-refractivity contribution is 7.99. The summed E-state index contributed by atoms with van der Waals surface area (Å²) < 4.78 is 0. The van der Waals surface area contributed by atoms with Crippen molar-refractivity contribution in [3.05, 3.63) is 0 Å². The number of hydrogen-bond acceptors (Lipinski definition) is 1. The average molecular weight is 591 g/mol. The van der Waals surface area contributed by atoms with E-state index in [-0.39, 0.29) is 0 Å². The van der Waals surface area contributed by atoms with Crippen molar-refractivity contribution in [2.75, 3.05) is 11.5 Å². The van der Waals surface area contributed by atoms with E-state index in [4.69, 9.17) is 0 Å². The molecule has 0 atom stereocenters. The Morgan fingerprint density at radius 2 is 0.634 bits per heavy atom. The van der Waals surface area contributed by atoms with Gasteiger partial charge >= 0.3 is 0 Å². The summed E-state index contributed by atoms with van der Waals surface area (Å²) in [6.07, 6.45) is 38.8. The van der Waals surface area contributed by atoms with E-state index in [0.717, 1.165) is 23.7 Å². The Bertz CT molecular complexity index is 527. The second kappa shape index (κ2) is 22.0. The molecule has 0 unspecified atom stereocenters. The Labute approximate surface area is 265 Å². The lowest BCUT2D eigenvalue weighted by Gasteiger charge is -2.37. The lowest BCUT2D eigenvalue weighted by atomic mass is 9.69. The molecule has 2 rings (SSSR count). The van der Waals surface area contributed by atoms with E-state index in [0.29, 0.717) is 10.8 Å². The molecule has 0 nitrogen and oxygen atoms in total. The van der Waals surface area contributed by atoms with Crippen LogP contribution in [-0.2, 0) is 0 Å². The second-order valence-electron chi connectivity index (χ2n) is 17.0. The van der Waals surface area contributed by atoms with Gasteiger partial charge in [-0.05, 0) is 84.5 Å². The summed E-state index contributed by atoms with van der Waals surface area (Å²) in [7, 11) is 0. The van der Waals surface area contributed by atoms with Crippen LogP contribution >= 0.6 is 11.8 Å². The van der Waals surface area contributed by atoms with Crippen molar-refractivity contribution < 1.29 is 0 Å². The van der Waals surface area contributed by atoms with Crippen LogP contribution in [0.15, 0.2) is 0 Å². The molecule has 0 aromatic heterocycles. The summed E-state index contributed by atoms with van der Waals surface area (Å²) in [6.45, 7) is 14.7. The SMILES string of the molecule is CC(C)(C)C1CCC(CCCCCCCCCCSCCCCCCCCCCC2CCC(C(C)(C)C)CC2)CC1. The molecule has 0 radical (unpaired) electrons. The van der Waals surface area contributed by atoms with Gasteiger partial charge in [0.1, 0.15) is 0 Å². The first-order chi connectivity index (χ1) is 19.7. The highest BCUT2D eigenvalue weighted by atomic mass is 32.2. The minimum atomic E-state index is 0.536. The van der Waals surface area contributed by atoms with Crippen molar-refractivity contribution in [3.63, 3.8) is 0 Å². The molecule has 0 spiro atoms. The molecule has 0 saturated heterocycles. The molecule has 2 saturated carbocycles. The van der Waals surface area contributed by atoms with Crippen LogP contribution in [0.2, 0.25) is 0 Å². The van der Waals surface area contributed by atoms with Crippen LogP contribution in [0.4, 0.5) is 0 Å². The number of hydrogen-bond donors (Lipinski definition) is 0. The fraction of sp³-hybridized carbons (Fsp3) is 1.00. The maximum atomic E-state index is 2.44. The summed E-state index contributed by atoms with van der Waals surface area (Å²) >= 11 is 2.23. The highest BCUT2D eigenvalue weighted by Gasteiger charge is 2.30. The van der Waals surface area contributed by atoms with Gasteiger partial charge < -0.3 is 0 Å². The fourth-order valence-electron chi connectivity index (χ4n) is 8.13. The molecule has 41 heavy (non-hydrogen) atoms. The third-order valence-corrected chi connectivity index (χ3v) is 12.6. The monoisotopic (exact) mass is 591 g/mol. The molecule has 0 aromatic carbocycles. The van der Waals surface area contributed by atoms with Gasteiger partial charge in [0.15, 0.2) is 0 Å². The van der Waals surface area contributed by atoms with Gasteiger partial charge in [-0.3, -0.25) is 0 Å². The Morgan fingerprint density at radius 3 is 0.927 bits per heavy atom. The van der Waals surface area contributed by atoms with Gasteiger partial charge in [-0.2, -0.15) is 11.8 Å². The standard InChI is InChI=1S/C40H78S/c1-39(2,3)37-29-25-35(26-30-37)23-19-15-11-7-9-13-17-21-33-41-34-22-18-14-10-8-12-16-20-24-36-27-31-38(32-28-36)40(4,5)6/h35-38H,7-34H2,1-6H3. The Kier molecular flexibility index (Phi) is 20.1. The van der Waals surface area contributed by atoms with E-state index in [2.05, 4.69) is 53.3 Å². The van der Waals surface area contributed by atoms with Gasteiger partial charge in [0.25, 0.3) is 0 Å². The van der Waals surface area contributed by atoms with E-state index < -0.39 is 0 Å². The maximum Gasteiger partial charge on any atom is -0.00675 e. The van der Waals surface area contributed by atoms with Gasteiger partial charge in [-0.1, -0.05) is 170 Å². The molecular formula is C40H78S. The summed E-state index contributed by atoms with van der Waals surface area (Å²) in [5.74, 6) is 6.89. The summed E-state index contributed by atoms with van der Waals surface area (Å²) in [5, 5.41) is 0. The quantitative estimate of drug-likeness (QED) is 0.113. The first-order valence-electron chi connectivity index (χ1n) is 19.2. The third kappa shape index (κ3) is 18.7. The lowest BCUT2D eigenvalue weighted by Crippen LogP contribution is -2.25. The van der Waals surface area contributed by atoms with Crippen LogP contribution in [0.5, 0.6) is 0 Å². The molecule has 0 heterocycles. The molecule has 1 heteroatoms. The van der Waals surface area contributed by atoms with Gasteiger partial charge in [0.05, 0.1) is 0 Å². The average Bonchev–Trinajstić information content (AvgIpc) is 2.93. The third-order valence-electron chi connectivity index (χ3n) is 11.4. The van der Waals surface area contributed by atoms with Crippen molar-refractivity contribution in [1.82, 2.24) is 0 Å². The summed E-state index contributed by atoms with van der Waals surface area (Å²) in [6, 6.07) is 0. The number of unbranched alkanes of at least 4 members (excludes halogenated alkanes) is 14. The Hall–Kier alpha value is 0.350. The van der Waals surface area contributed by atoms with Gasteiger partial charge in [0.2, 0.25) is 0 Å². The minimum Gasteiger partial charge on any atom is -0.162 e. The van der Waals surface area contributed by atoms with Gasteiger partial charge in [-0.25, -0.2) is 0 Å². The van der Waals surface area contributed by atoms with Crippen molar-refractivity contribution in [2.45, 2.75) is 208 Å². The molecule has 0 aromatic rings. The molecule has 2 aliphatic carbocycles. The van der Waals surface area contributed by atoms with Crippen LogP contribution in [0.3, 0.4) is 0 Å². The first kappa shape index (κ1) is 37.5. The first-order valence-corrected chi connectivity index (χ1v) is 20.4. The van der Waals surface area contributed by atoms with E-state index in [1.54, 1.807) is 0 Å². The zero-order valence-corrected chi connectivity index (χ0v) is 30.3. The van der Waals surface area contributed by atoms with E-state index >= 15 is 0 Å². The van der Waals surface area contributed by atoms with Crippen LogP contribution in [0.25, 0.3) is 0 Å². The smallest absolute Gasteiger partial charge is 0.00675 e. The van der Waals surface area contributed by atoms with Crippen LogP contribution < -0.4 is 0 Å². The molecular weight excluding hydrogens is 513 g/mol. The summed E-state index contributed by atoms with van der Waals surface area (Å²) in [4.78, 5) is 0. The predicted octanol–water partition coefficient (Wildman–Crippen LogP) is 14.4. The van der Waals surface area contributed by atoms with Crippen molar-refractivity contribution in [2.24, 2.45) is 34.5 Å². The highest BCUT2D eigenvalue weighted by Crippen LogP contribution is 2.42. The van der Waals surface area contributed by atoms with E-state index in [1.807, 2.05) is 0 Å². The molecule has 2 fully saturated rings. The zero-order valence-electron chi connectivity index (χ0n) is 29.5. The van der Waals surface area contributed by atoms with Crippen molar-refractivity contribution >= 4 is 11.8 Å². The molecule has 0 bridgehead atoms. The van der Waals surface area contributed by atoms with Crippen molar-refractivity contribution in [3.8, 4) is 0 Å². The summed E-state index contributed by atoms with van der Waals surface area (Å²) in [5.41, 5.74) is 1.07. The largest absolute Gasteiger partial charge is 0.162 e. The lowest BCUT2D eigenvalue weighted by molar-refractivity contribution is 0.145. The van der Waals surface area contributed by atoms with E-state index in [1.165, 1.54) is 178 Å². The normalized spacial score (nSPS) is 24.1. The Balaban J connectivity index is 1.21. The number of rotatable bonds is 22. The van der Waals surface area contributed by atoms with Crippen LogP contribution in [0, 0.1) is 34.5 Å². The maximum absolute atomic E-state index is 2.44. The van der Waals surface area contributed by atoms with Gasteiger partial charge in [-0.15, -0.1) is 0 Å². The van der Waals surface area contributed by atoms with Crippen LogP contribution in [-0.4, -0.2) is 11.5 Å². The fourth-order valence-corrected chi connectivity index (χ4v) is 9.15. The molecule has 2 aliphatic rings. The molecule has 244 valence electrons. The van der Waals surface area contributed by atoms with Crippen molar-refractivity contribution in [1.29, 1.82) is 0 Å². The number of thioether (sulfide) groups is 1. The predicted molar refractivity (Wildman–Crippen MR) is 190 cm³/mol. The molecule has 0 amide bonds. The Morgan fingerprint density at radius 1 is 0.366 bits per heavy atom. The van der Waals surface area contributed by atoms with E-state index in [9.17, 15) is 0 Å². The minimum absolute atomic E-state index is 0.536. The van der Waals surface area contributed by atoms with Crippen LogP contribution in [0.1, 0.15) is 208 Å². The second-order valence-corrected chi connectivity index (χ2v) is 18.2.